The molecule has 0 aromatic carbocycles. The zero-order valence-electron chi connectivity index (χ0n) is 16.3. The maximum atomic E-state index is 11.6. The van der Waals surface area contributed by atoms with E-state index in [1.807, 2.05) is 17.7 Å². The summed E-state index contributed by atoms with van der Waals surface area (Å²) >= 11 is 0. The summed E-state index contributed by atoms with van der Waals surface area (Å²) in [5, 5.41) is 12.0. The van der Waals surface area contributed by atoms with Crippen LogP contribution in [-0.2, 0) is 4.79 Å². The van der Waals surface area contributed by atoms with Gasteiger partial charge in [-0.1, -0.05) is 50.1 Å². The molecule has 6 nitrogen and oxygen atoms in total. The third-order valence-electron chi connectivity index (χ3n) is 2.78. The number of rotatable bonds is 15. The molecule has 0 aliphatic rings. The summed E-state index contributed by atoms with van der Waals surface area (Å²) in [6.07, 6.45) is 0.530. The van der Waals surface area contributed by atoms with Crippen molar-refractivity contribution in [2.45, 2.75) is 39.7 Å². The van der Waals surface area contributed by atoms with Gasteiger partial charge in [0.05, 0.1) is 0 Å². The minimum Gasteiger partial charge on any atom is -0.355 e. The van der Waals surface area contributed by atoms with Crippen LogP contribution in [0.5, 0.6) is 0 Å². The van der Waals surface area contributed by atoms with Crippen LogP contribution in [0.2, 0.25) is 0 Å². The summed E-state index contributed by atoms with van der Waals surface area (Å²) in [4.78, 5) is 22.7. The quantitative estimate of drug-likeness (QED) is 0.229. The first kappa shape index (κ1) is 26.1. The van der Waals surface area contributed by atoms with Crippen molar-refractivity contribution >= 4 is 55.1 Å². The summed E-state index contributed by atoms with van der Waals surface area (Å²) < 4.78 is 0. The third kappa shape index (κ3) is 20.4. The Hall–Kier alpha value is 0.1000. The van der Waals surface area contributed by atoms with Gasteiger partial charge in [0, 0.05) is 61.2 Å². The molecule has 0 unspecified atom stereocenters. The Bertz CT molecular complexity index is 382. The standard InChI is InChI=1S/C16H34N4O2S4/c1-5-14(21)17-6-10-23-24-11-7-18-15(22)19-8-12-25-26-13-9-20-16(2,3)4/h20H,5-13H2,1-4H3,(H,17,21)(H2,18,19,22). The molecule has 154 valence electrons. The summed E-state index contributed by atoms with van der Waals surface area (Å²) in [5.41, 5.74) is 0.173. The molecule has 0 heterocycles. The Balaban J connectivity index is 3.26. The SMILES string of the molecule is CCC(=O)NCCSSCCNC(=O)NCCSSCCNC(C)(C)C. The summed E-state index contributed by atoms with van der Waals surface area (Å²) in [6, 6.07) is -0.106. The number of carbonyl (C=O) groups is 2. The van der Waals surface area contributed by atoms with Crippen LogP contribution < -0.4 is 21.3 Å². The van der Waals surface area contributed by atoms with Gasteiger partial charge in [-0.25, -0.2) is 4.79 Å². The molecule has 0 rings (SSSR count). The molecule has 0 bridgehead atoms. The van der Waals surface area contributed by atoms with Gasteiger partial charge in [0.25, 0.3) is 0 Å². The van der Waals surface area contributed by atoms with Gasteiger partial charge in [0.15, 0.2) is 0 Å². The molecule has 0 aliphatic carbocycles. The molecule has 0 atom stereocenters. The number of urea groups is 1. The molecule has 0 saturated heterocycles. The molecule has 26 heavy (non-hydrogen) atoms. The molecule has 3 amide bonds. The second kappa shape index (κ2) is 17.2. The second-order valence-electron chi connectivity index (χ2n) is 6.35. The Labute approximate surface area is 174 Å². The monoisotopic (exact) mass is 442 g/mol. The molecule has 0 aliphatic heterocycles. The van der Waals surface area contributed by atoms with E-state index in [0.717, 1.165) is 29.6 Å². The van der Waals surface area contributed by atoms with Crippen molar-refractivity contribution in [1.29, 1.82) is 0 Å². The topological polar surface area (TPSA) is 82.3 Å². The lowest BCUT2D eigenvalue weighted by Crippen LogP contribution is -2.37. The fraction of sp³-hybridized carbons (Fsp3) is 0.875. The number of amides is 3. The Morgan fingerprint density at radius 2 is 1.15 bits per heavy atom. The second-order valence-corrected chi connectivity index (χ2v) is 11.8. The summed E-state index contributed by atoms with van der Waals surface area (Å²) in [7, 11) is 7.03. The van der Waals surface area contributed by atoms with E-state index in [4.69, 9.17) is 0 Å². The fourth-order valence-electron chi connectivity index (χ4n) is 1.54. The lowest BCUT2D eigenvalue weighted by atomic mass is 10.1. The highest BCUT2D eigenvalue weighted by molar-refractivity contribution is 8.77. The van der Waals surface area contributed by atoms with Gasteiger partial charge >= 0.3 is 6.03 Å². The predicted octanol–water partition coefficient (Wildman–Crippen LogP) is 2.96. The van der Waals surface area contributed by atoms with Crippen molar-refractivity contribution in [3.8, 4) is 0 Å². The van der Waals surface area contributed by atoms with Gasteiger partial charge < -0.3 is 21.3 Å². The van der Waals surface area contributed by atoms with Crippen molar-refractivity contribution in [1.82, 2.24) is 21.3 Å². The highest BCUT2D eigenvalue weighted by atomic mass is 33.1. The first-order chi connectivity index (χ1) is 12.3. The van der Waals surface area contributed by atoms with Crippen LogP contribution in [0.1, 0.15) is 34.1 Å². The average Bonchev–Trinajstić information content (AvgIpc) is 2.58. The van der Waals surface area contributed by atoms with Crippen molar-refractivity contribution < 1.29 is 9.59 Å². The van der Waals surface area contributed by atoms with Crippen LogP contribution in [0, 0.1) is 0 Å². The van der Waals surface area contributed by atoms with Gasteiger partial charge in [0.2, 0.25) is 5.91 Å². The van der Waals surface area contributed by atoms with Crippen LogP contribution in [-0.4, -0.2) is 66.7 Å². The van der Waals surface area contributed by atoms with Crippen LogP contribution in [0.3, 0.4) is 0 Å². The lowest BCUT2D eigenvalue weighted by molar-refractivity contribution is -0.120. The van der Waals surface area contributed by atoms with Gasteiger partial charge in [-0.2, -0.15) is 0 Å². The minimum atomic E-state index is -0.106. The molecule has 0 fully saturated rings. The van der Waals surface area contributed by atoms with Crippen molar-refractivity contribution in [2.24, 2.45) is 0 Å². The predicted molar refractivity (Wildman–Crippen MR) is 122 cm³/mol. The normalized spacial score (nSPS) is 11.2. The van der Waals surface area contributed by atoms with E-state index in [9.17, 15) is 9.59 Å². The molecule has 10 heteroatoms. The van der Waals surface area contributed by atoms with E-state index in [1.54, 1.807) is 32.4 Å². The molecular formula is C16H34N4O2S4. The van der Waals surface area contributed by atoms with Gasteiger partial charge in [0.1, 0.15) is 0 Å². The summed E-state index contributed by atoms with van der Waals surface area (Å²) in [5.74, 6) is 3.79. The number of carbonyl (C=O) groups excluding carboxylic acids is 2. The fourth-order valence-corrected chi connectivity index (χ4v) is 5.16. The van der Waals surface area contributed by atoms with Gasteiger partial charge in [-0.05, 0) is 20.8 Å². The third-order valence-corrected chi connectivity index (χ3v) is 7.59. The minimum absolute atomic E-state index is 0.0899. The van der Waals surface area contributed by atoms with E-state index >= 15 is 0 Å². The zero-order valence-corrected chi connectivity index (χ0v) is 19.6. The lowest BCUT2D eigenvalue weighted by Gasteiger charge is -2.20. The Morgan fingerprint density at radius 1 is 0.731 bits per heavy atom. The highest BCUT2D eigenvalue weighted by Crippen LogP contribution is 2.20. The maximum Gasteiger partial charge on any atom is 0.314 e. The number of nitrogens with one attached hydrogen (secondary N) is 4. The smallest absolute Gasteiger partial charge is 0.314 e. The summed E-state index contributed by atoms with van der Waals surface area (Å²) in [6.45, 7) is 11.3. The first-order valence-corrected chi connectivity index (χ1v) is 13.8. The van der Waals surface area contributed by atoms with E-state index in [-0.39, 0.29) is 17.5 Å². The Morgan fingerprint density at radius 3 is 1.58 bits per heavy atom. The molecule has 0 aromatic heterocycles. The van der Waals surface area contributed by atoms with Crippen molar-refractivity contribution in [3.63, 3.8) is 0 Å². The first-order valence-electron chi connectivity index (χ1n) is 8.87. The highest BCUT2D eigenvalue weighted by Gasteiger charge is 2.07. The molecular weight excluding hydrogens is 408 g/mol. The van der Waals surface area contributed by atoms with Crippen LogP contribution in [0.25, 0.3) is 0 Å². The number of hydrogen-bond acceptors (Lipinski definition) is 7. The Kier molecular flexibility index (Phi) is 17.3. The zero-order chi connectivity index (χ0) is 19.7. The van der Waals surface area contributed by atoms with Crippen LogP contribution >= 0.6 is 43.2 Å². The van der Waals surface area contributed by atoms with Crippen molar-refractivity contribution in [3.05, 3.63) is 0 Å². The molecule has 0 saturated carbocycles. The maximum absolute atomic E-state index is 11.6. The van der Waals surface area contributed by atoms with E-state index in [1.165, 1.54) is 0 Å². The number of hydrogen-bond donors (Lipinski definition) is 4. The van der Waals surface area contributed by atoms with E-state index < -0.39 is 0 Å². The van der Waals surface area contributed by atoms with Crippen LogP contribution in [0.4, 0.5) is 4.79 Å². The van der Waals surface area contributed by atoms with Crippen molar-refractivity contribution in [2.75, 3.05) is 49.2 Å². The van der Waals surface area contributed by atoms with Gasteiger partial charge in [-0.3, -0.25) is 4.79 Å². The van der Waals surface area contributed by atoms with Gasteiger partial charge in [-0.15, -0.1) is 0 Å². The molecule has 0 aromatic rings. The molecule has 0 radical (unpaired) electrons. The van der Waals surface area contributed by atoms with Crippen LogP contribution in [0.15, 0.2) is 0 Å². The largest absolute Gasteiger partial charge is 0.355 e. The van der Waals surface area contributed by atoms with E-state index in [2.05, 4.69) is 42.0 Å². The van der Waals surface area contributed by atoms with E-state index in [0.29, 0.717) is 26.1 Å². The molecule has 0 spiro atoms. The average molecular weight is 443 g/mol. The molecule has 4 N–H and O–H groups in total.